The second-order valence-electron chi connectivity index (χ2n) is 12.4. The third-order valence-corrected chi connectivity index (χ3v) is 7.11. The molecule has 1 fully saturated rings. The van der Waals surface area contributed by atoms with E-state index in [2.05, 4.69) is 70.9 Å². The zero-order chi connectivity index (χ0) is 40.9. The largest absolute Gasteiger partial charge is 0.444 e. The van der Waals surface area contributed by atoms with Crippen molar-refractivity contribution in [3.63, 3.8) is 0 Å². The molecule has 2 rings (SSSR count). The molecule has 1 aromatic rings. The second-order valence-corrected chi connectivity index (χ2v) is 12.4. The van der Waals surface area contributed by atoms with Crippen molar-refractivity contribution >= 4 is 17.5 Å². The maximum Gasteiger partial charge on any atom is 0.410 e. The molecule has 6 nitrogen and oxygen atoms in total. The number of rotatable bonds is 10. The topological polar surface area (TPSA) is 57.5 Å². The van der Waals surface area contributed by atoms with Gasteiger partial charge >= 0.3 is 6.09 Å². The molecule has 1 amide bonds. The predicted molar refractivity (Wildman–Crippen MR) is 223 cm³/mol. The van der Waals surface area contributed by atoms with E-state index < -0.39 is 17.2 Å². The fourth-order valence-electron chi connectivity index (χ4n) is 5.01. The standard InChI is InChI=1S/C28H46N4O2.C9H10F2.C3H4.2C2H6/c1-11-15-17-29-22(6)26(24(13-3)25(14-4)30-16-12-2)23(7)31-18-19-32(21(5)20-31)27(33)34-28(8,9)10;1-2-3-7-4-8(10)6-9(11)5-7;1-3-2;2*1-2/h12-13,15-17,21H,11,14,18-20H2,1-10H3;4-6H,2-3H2,1H3;1H,2H3;2*1-2H3/b16-12-,17-15+,24-13-,26-23-,29-22+,30-25+;;;;. The number of carbonyl (C=O) groups is 1. The van der Waals surface area contributed by atoms with Gasteiger partial charge < -0.3 is 14.5 Å². The second kappa shape index (κ2) is 30.6. The van der Waals surface area contributed by atoms with Crippen LogP contribution in [0.4, 0.5) is 13.6 Å². The molecular weight excluding hydrogens is 655 g/mol. The lowest BCUT2D eigenvalue weighted by atomic mass is 9.93. The van der Waals surface area contributed by atoms with E-state index in [4.69, 9.17) is 14.7 Å². The molecule has 294 valence electrons. The van der Waals surface area contributed by atoms with Crippen LogP contribution in [0.5, 0.6) is 0 Å². The molecule has 1 aromatic carbocycles. The fourth-order valence-corrected chi connectivity index (χ4v) is 5.01. The third kappa shape index (κ3) is 21.4. The lowest BCUT2D eigenvalue weighted by Gasteiger charge is -2.42. The average Bonchev–Trinajstić information content (AvgIpc) is 3.09. The number of piperazine rings is 1. The third-order valence-electron chi connectivity index (χ3n) is 7.11. The van der Waals surface area contributed by atoms with Crippen molar-refractivity contribution in [1.29, 1.82) is 0 Å². The Balaban J connectivity index is -0.00000110. The molecule has 1 saturated heterocycles. The van der Waals surface area contributed by atoms with Crippen LogP contribution in [0.1, 0.15) is 136 Å². The molecule has 1 unspecified atom stereocenters. The Morgan fingerprint density at radius 2 is 1.56 bits per heavy atom. The number of aliphatic imine (C=N–C) groups is 2. The van der Waals surface area contributed by atoms with E-state index in [0.29, 0.717) is 6.54 Å². The van der Waals surface area contributed by atoms with Crippen molar-refractivity contribution in [1.82, 2.24) is 9.80 Å². The van der Waals surface area contributed by atoms with E-state index in [-0.39, 0.29) is 12.1 Å². The van der Waals surface area contributed by atoms with Crippen LogP contribution in [-0.2, 0) is 11.2 Å². The first kappa shape index (κ1) is 52.4. The van der Waals surface area contributed by atoms with Crippen molar-refractivity contribution in [2.24, 2.45) is 9.98 Å². The van der Waals surface area contributed by atoms with Gasteiger partial charge in [0.05, 0.1) is 0 Å². The molecule has 0 spiro atoms. The van der Waals surface area contributed by atoms with Gasteiger partial charge in [0, 0.05) is 72.4 Å². The predicted octanol–water partition coefficient (Wildman–Crippen LogP) is 12.5. The smallest absolute Gasteiger partial charge is 0.410 e. The van der Waals surface area contributed by atoms with Gasteiger partial charge in [-0.2, -0.15) is 0 Å². The molecule has 1 aliphatic rings. The van der Waals surface area contributed by atoms with Gasteiger partial charge in [0.25, 0.3) is 0 Å². The Bertz CT molecular complexity index is 1350. The highest BCUT2D eigenvalue weighted by Gasteiger charge is 2.32. The molecule has 0 bridgehead atoms. The summed E-state index contributed by atoms with van der Waals surface area (Å²) in [6.07, 6.45) is 17.6. The molecule has 52 heavy (non-hydrogen) atoms. The summed E-state index contributed by atoms with van der Waals surface area (Å²) in [6, 6.07) is 3.66. The molecule has 8 heteroatoms. The number of terminal acetylenes is 1. The van der Waals surface area contributed by atoms with Crippen LogP contribution in [0.25, 0.3) is 0 Å². The highest BCUT2D eigenvalue weighted by molar-refractivity contribution is 6.16. The highest BCUT2D eigenvalue weighted by Crippen LogP contribution is 2.26. The number of hydrogen-bond donors (Lipinski definition) is 0. The lowest BCUT2D eigenvalue weighted by Crippen LogP contribution is -2.54. The summed E-state index contributed by atoms with van der Waals surface area (Å²) < 4.78 is 30.6. The number of nitrogens with zero attached hydrogens (tertiary/aromatic N) is 4. The van der Waals surface area contributed by atoms with Crippen molar-refractivity contribution < 1.29 is 18.3 Å². The summed E-state index contributed by atoms with van der Waals surface area (Å²) in [4.78, 5) is 26.3. The van der Waals surface area contributed by atoms with Gasteiger partial charge in [-0.05, 0) is 99.3 Å². The first-order valence-electron chi connectivity index (χ1n) is 19.0. The van der Waals surface area contributed by atoms with Crippen LogP contribution in [0.3, 0.4) is 0 Å². The summed E-state index contributed by atoms with van der Waals surface area (Å²) in [5.74, 6) is 1.27. The number of aryl methyl sites for hydroxylation is 1. The van der Waals surface area contributed by atoms with Crippen molar-refractivity contribution in [3.8, 4) is 12.3 Å². The lowest BCUT2D eigenvalue weighted by molar-refractivity contribution is 0.00494. The minimum Gasteiger partial charge on any atom is -0.444 e. The van der Waals surface area contributed by atoms with Gasteiger partial charge in [-0.3, -0.25) is 9.98 Å². The number of ether oxygens (including phenoxy) is 1. The highest BCUT2D eigenvalue weighted by atomic mass is 19.1. The Morgan fingerprint density at radius 1 is 1.00 bits per heavy atom. The first-order chi connectivity index (χ1) is 24.6. The van der Waals surface area contributed by atoms with E-state index in [1.54, 1.807) is 6.92 Å². The zero-order valence-electron chi connectivity index (χ0n) is 35.6. The molecule has 1 heterocycles. The van der Waals surface area contributed by atoms with Gasteiger partial charge in [-0.1, -0.05) is 73.1 Å². The maximum absolute atomic E-state index is 12.7. The molecule has 0 radical (unpaired) electrons. The summed E-state index contributed by atoms with van der Waals surface area (Å²) in [7, 11) is 0. The van der Waals surface area contributed by atoms with Crippen molar-refractivity contribution in [2.45, 2.75) is 148 Å². The molecule has 1 aliphatic heterocycles. The molecule has 0 aliphatic carbocycles. The Kier molecular flexibility index (Phi) is 30.8. The Labute approximate surface area is 317 Å². The Hall–Kier alpha value is -3.99. The number of halogens is 2. The number of amides is 1. The number of allylic oxidation sites excluding steroid dienone is 6. The zero-order valence-corrected chi connectivity index (χ0v) is 35.6. The maximum atomic E-state index is 12.7. The van der Waals surface area contributed by atoms with Gasteiger partial charge in [0.1, 0.15) is 17.2 Å². The monoisotopic (exact) mass is 727 g/mol. The SMILES string of the molecule is C#CC.CC.CC.CCCc1cc(F)cc(F)c1.C\C=C/N=C(CC)/C(=C/C)C(/C(C)=N/C=C/CC)=C(/C)N1CCN(C(=O)OC(C)(C)C)C(C)C1. The average molecular weight is 727 g/mol. The molecule has 0 saturated carbocycles. The fraction of sp³-hybridized carbons (Fsp3) is 0.568. The minimum atomic E-state index is -0.500. The van der Waals surface area contributed by atoms with E-state index in [0.717, 1.165) is 78.7 Å². The van der Waals surface area contributed by atoms with Gasteiger partial charge in [0.15, 0.2) is 0 Å². The van der Waals surface area contributed by atoms with Crippen molar-refractivity contribution in [3.05, 3.63) is 82.9 Å². The van der Waals surface area contributed by atoms with Gasteiger partial charge in [-0.25, -0.2) is 13.6 Å². The van der Waals surface area contributed by atoms with Crippen molar-refractivity contribution in [2.75, 3.05) is 19.6 Å². The number of hydrogen-bond acceptors (Lipinski definition) is 5. The van der Waals surface area contributed by atoms with Crippen LogP contribution in [0.15, 0.2) is 75.7 Å². The molecule has 0 aromatic heterocycles. The molecular formula is C44H72F2N4O2. The summed E-state index contributed by atoms with van der Waals surface area (Å²) in [5, 5.41) is 0. The minimum absolute atomic E-state index is 0.0356. The quantitative estimate of drug-likeness (QED) is 0.137. The summed E-state index contributed by atoms with van der Waals surface area (Å²) >= 11 is 0. The van der Waals surface area contributed by atoms with Gasteiger partial charge in [0.2, 0.25) is 0 Å². The Morgan fingerprint density at radius 3 is 1.98 bits per heavy atom. The van der Waals surface area contributed by atoms with Crippen LogP contribution in [-0.4, -0.2) is 58.6 Å². The van der Waals surface area contributed by atoms with Gasteiger partial charge in [-0.15, -0.1) is 12.3 Å². The van der Waals surface area contributed by atoms with E-state index in [1.807, 2.05) is 85.7 Å². The van der Waals surface area contributed by atoms with Crippen LogP contribution < -0.4 is 0 Å². The van der Waals surface area contributed by atoms with E-state index in [9.17, 15) is 13.6 Å². The number of benzene rings is 1. The van der Waals surface area contributed by atoms with Crippen LogP contribution >= 0.6 is 0 Å². The molecule has 0 N–H and O–H groups in total. The molecule has 1 atom stereocenters. The number of carbonyl (C=O) groups excluding carboxylic acids is 1. The summed E-state index contributed by atoms with van der Waals surface area (Å²) in [6.45, 7) is 34.0. The van der Waals surface area contributed by atoms with E-state index in [1.165, 1.54) is 12.1 Å². The summed E-state index contributed by atoms with van der Waals surface area (Å²) in [5.41, 5.74) is 5.57. The first-order valence-corrected chi connectivity index (χ1v) is 19.0. The normalized spacial score (nSPS) is 15.5. The van der Waals surface area contributed by atoms with E-state index >= 15 is 0 Å². The van der Waals surface area contributed by atoms with Crippen LogP contribution in [0.2, 0.25) is 0 Å². The van der Waals surface area contributed by atoms with Crippen LogP contribution in [0, 0.1) is 24.0 Å².